The molecule has 1 aliphatic rings. The van der Waals surface area contributed by atoms with E-state index in [1.54, 1.807) is 14.0 Å². The van der Waals surface area contributed by atoms with Crippen molar-refractivity contribution < 1.29 is 13.2 Å². The zero-order chi connectivity index (χ0) is 10.1. The van der Waals surface area contributed by atoms with E-state index in [4.69, 9.17) is 0 Å². The van der Waals surface area contributed by atoms with Crippen molar-refractivity contribution in [1.29, 1.82) is 0 Å². The van der Waals surface area contributed by atoms with Crippen LogP contribution in [0, 0.1) is 0 Å². The van der Waals surface area contributed by atoms with Gasteiger partial charge in [-0.3, -0.25) is 4.79 Å². The molecule has 0 aromatic heterocycles. The van der Waals surface area contributed by atoms with Gasteiger partial charge >= 0.3 is 0 Å². The molecule has 1 saturated heterocycles. The van der Waals surface area contributed by atoms with Gasteiger partial charge in [0.2, 0.25) is 5.91 Å². The summed E-state index contributed by atoms with van der Waals surface area (Å²) in [4.78, 5) is 11.2. The Bertz CT molecular complexity index is 287. The number of nitrogens with one attached hydrogen (secondary N) is 2. The summed E-state index contributed by atoms with van der Waals surface area (Å²) in [7, 11) is -1.16. The second-order valence-corrected chi connectivity index (χ2v) is 5.45. The van der Waals surface area contributed by atoms with Gasteiger partial charge in [0, 0.05) is 0 Å². The van der Waals surface area contributed by atoms with E-state index in [1.165, 1.54) is 0 Å². The molecule has 0 radical (unpaired) electrons. The second kappa shape index (κ2) is 3.63. The standard InChI is InChI=1S/C7H14N2O3S/c1-5(8-2)7(10)9-6-3-13(11,12)4-6/h5-6,8H,3-4H2,1-2H3,(H,9,10)/t5-/m0/s1. The summed E-state index contributed by atoms with van der Waals surface area (Å²) in [6, 6.07) is -0.461. The SMILES string of the molecule is CN[C@@H](C)C(=O)NC1CS(=O)(=O)C1. The molecule has 1 heterocycles. The predicted octanol–water partition coefficient (Wildman–Crippen LogP) is -1.49. The summed E-state index contributed by atoms with van der Waals surface area (Å²) in [6.07, 6.45) is 0. The molecule has 0 spiro atoms. The molecule has 0 bridgehead atoms. The predicted molar refractivity (Wildman–Crippen MR) is 49.1 cm³/mol. The molecule has 1 fully saturated rings. The summed E-state index contributed by atoms with van der Waals surface area (Å²) in [5.41, 5.74) is 0. The fraction of sp³-hybridized carbons (Fsp3) is 0.857. The normalized spacial score (nSPS) is 23.2. The van der Waals surface area contributed by atoms with E-state index >= 15 is 0 Å². The molecule has 0 saturated carbocycles. The van der Waals surface area contributed by atoms with Crippen LogP contribution < -0.4 is 10.6 Å². The molecule has 0 aliphatic carbocycles. The van der Waals surface area contributed by atoms with Crippen molar-refractivity contribution in [2.45, 2.75) is 19.0 Å². The van der Waals surface area contributed by atoms with Gasteiger partial charge in [-0.25, -0.2) is 8.42 Å². The highest BCUT2D eigenvalue weighted by atomic mass is 32.2. The first-order valence-electron chi connectivity index (χ1n) is 4.12. The van der Waals surface area contributed by atoms with Gasteiger partial charge in [-0.15, -0.1) is 0 Å². The number of hydrogen-bond donors (Lipinski definition) is 2. The molecule has 6 heteroatoms. The maximum atomic E-state index is 11.2. The van der Waals surface area contributed by atoms with Crippen molar-refractivity contribution in [3.05, 3.63) is 0 Å². The van der Waals surface area contributed by atoms with Gasteiger partial charge < -0.3 is 10.6 Å². The Hall–Kier alpha value is -0.620. The Morgan fingerprint density at radius 2 is 2.00 bits per heavy atom. The minimum absolute atomic E-state index is 0.0785. The lowest BCUT2D eigenvalue weighted by Gasteiger charge is -2.27. The summed E-state index contributed by atoms with van der Waals surface area (Å²) in [6.45, 7) is 1.72. The smallest absolute Gasteiger partial charge is 0.237 e. The fourth-order valence-corrected chi connectivity index (χ4v) is 2.40. The van der Waals surface area contributed by atoms with Crippen LogP contribution >= 0.6 is 0 Å². The Kier molecular flexibility index (Phi) is 2.92. The summed E-state index contributed by atoms with van der Waals surface area (Å²) < 4.78 is 21.5. The zero-order valence-corrected chi connectivity index (χ0v) is 8.52. The maximum absolute atomic E-state index is 11.2. The number of hydrogen-bond acceptors (Lipinski definition) is 4. The van der Waals surface area contributed by atoms with Crippen LogP contribution in [-0.2, 0) is 14.6 Å². The highest BCUT2D eigenvalue weighted by Gasteiger charge is 2.34. The largest absolute Gasteiger partial charge is 0.350 e. The summed E-state index contributed by atoms with van der Waals surface area (Å²) in [5.74, 6) is 0.00654. The zero-order valence-electron chi connectivity index (χ0n) is 7.70. The molecule has 13 heavy (non-hydrogen) atoms. The first-order chi connectivity index (χ1) is 5.94. The van der Waals surface area contributed by atoms with Crippen LogP contribution in [0.5, 0.6) is 0 Å². The van der Waals surface area contributed by atoms with Crippen molar-refractivity contribution in [3.8, 4) is 0 Å². The van der Waals surface area contributed by atoms with E-state index in [-0.39, 0.29) is 29.5 Å². The summed E-state index contributed by atoms with van der Waals surface area (Å²) in [5, 5.41) is 5.42. The van der Waals surface area contributed by atoms with Gasteiger partial charge in [-0.05, 0) is 14.0 Å². The third-order valence-corrected chi connectivity index (χ3v) is 3.90. The van der Waals surface area contributed by atoms with Crippen molar-refractivity contribution in [2.75, 3.05) is 18.6 Å². The van der Waals surface area contributed by atoms with Gasteiger partial charge in [0.25, 0.3) is 0 Å². The van der Waals surface area contributed by atoms with E-state index in [0.717, 1.165) is 0 Å². The third kappa shape index (κ3) is 2.67. The quantitative estimate of drug-likeness (QED) is 0.590. The van der Waals surface area contributed by atoms with Gasteiger partial charge in [0.15, 0.2) is 9.84 Å². The Balaban J connectivity index is 2.32. The lowest BCUT2D eigenvalue weighted by atomic mass is 10.3. The van der Waals surface area contributed by atoms with E-state index in [1.807, 2.05) is 0 Å². The molecule has 1 aliphatic heterocycles. The molecule has 0 aromatic carbocycles. The molecule has 0 aromatic rings. The summed E-state index contributed by atoms with van der Waals surface area (Å²) >= 11 is 0. The minimum atomic E-state index is -2.84. The number of likely N-dealkylation sites (N-methyl/N-ethyl adjacent to an activating group) is 1. The molecular formula is C7H14N2O3S. The van der Waals surface area contributed by atoms with Crippen LogP contribution in [0.1, 0.15) is 6.92 Å². The molecule has 1 atom stereocenters. The fourth-order valence-electron chi connectivity index (χ4n) is 1.10. The van der Waals surface area contributed by atoms with Crippen molar-refractivity contribution in [2.24, 2.45) is 0 Å². The molecule has 1 amide bonds. The Labute approximate surface area is 77.8 Å². The van der Waals surface area contributed by atoms with E-state index in [2.05, 4.69) is 10.6 Å². The first-order valence-corrected chi connectivity index (χ1v) is 5.95. The van der Waals surface area contributed by atoms with E-state index < -0.39 is 9.84 Å². The monoisotopic (exact) mass is 206 g/mol. The minimum Gasteiger partial charge on any atom is -0.350 e. The lowest BCUT2D eigenvalue weighted by molar-refractivity contribution is -0.123. The average molecular weight is 206 g/mol. The van der Waals surface area contributed by atoms with E-state index in [9.17, 15) is 13.2 Å². The maximum Gasteiger partial charge on any atom is 0.237 e. The number of carbonyl (C=O) groups excluding carboxylic acids is 1. The van der Waals surface area contributed by atoms with E-state index in [0.29, 0.717) is 0 Å². The highest BCUT2D eigenvalue weighted by molar-refractivity contribution is 7.92. The number of rotatable bonds is 3. The van der Waals surface area contributed by atoms with Crippen molar-refractivity contribution in [3.63, 3.8) is 0 Å². The van der Waals surface area contributed by atoms with Crippen LogP contribution in [0.15, 0.2) is 0 Å². The Morgan fingerprint density at radius 1 is 1.46 bits per heavy atom. The first kappa shape index (κ1) is 10.5. The van der Waals surface area contributed by atoms with Crippen LogP contribution in [-0.4, -0.2) is 45.0 Å². The average Bonchev–Trinajstić information content (AvgIpc) is 1.99. The van der Waals surface area contributed by atoms with Crippen LogP contribution in [0.25, 0.3) is 0 Å². The molecular weight excluding hydrogens is 192 g/mol. The molecule has 0 unspecified atom stereocenters. The molecule has 1 rings (SSSR count). The second-order valence-electron chi connectivity index (χ2n) is 3.29. The lowest BCUT2D eigenvalue weighted by Crippen LogP contribution is -2.56. The van der Waals surface area contributed by atoms with Crippen LogP contribution in [0.4, 0.5) is 0 Å². The van der Waals surface area contributed by atoms with Crippen LogP contribution in [0.2, 0.25) is 0 Å². The topological polar surface area (TPSA) is 75.3 Å². The highest BCUT2D eigenvalue weighted by Crippen LogP contribution is 2.09. The van der Waals surface area contributed by atoms with Gasteiger partial charge in [-0.1, -0.05) is 0 Å². The van der Waals surface area contributed by atoms with Gasteiger partial charge in [0.1, 0.15) is 0 Å². The van der Waals surface area contributed by atoms with Crippen molar-refractivity contribution >= 4 is 15.7 Å². The van der Waals surface area contributed by atoms with Crippen LogP contribution in [0.3, 0.4) is 0 Å². The Morgan fingerprint density at radius 3 is 2.38 bits per heavy atom. The molecule has 76 valence electrons. The van der Waals surface area contributed by atoms with Crippen molar-refractivity contribution in [1.82, 2.24) is 10.6 Å². The number of amides is 1. The number of sulfone groups is 1. The molecule has 5 nitrogen and oxygen atoms in total. The van der Waals surface area contributed by atoms with Gasteiger partial charge in [-0.2, -0.15) is 0 Å². The third-order valence-electron chi connectivity index (χ3n) is 2.08. The number of carbonyl (C=O) groups is 1. The van der Waals surface area contributed by atoms with Gasteiger partial charge in [0.05, 0.1) is 23.6 Å². The molecule has 2 N–H and O–H groups in total.